The number of benzene rings is 2. The molecule has 9 heteroatoms. The molecule has 6 nitrogen and oxygen atoms in total. The molecule has 0 aliphatic carbocycles. The molecule has 1 fully saturated rings. The third-order valence-electron chi connectivity index (χ3n) is 4.97. The Balaban J connectivity index is 1.60. The summed E-state index contributed by atoms with van der Waals surface area (Å²) in [6, 6.07) is 12.2. The summed E-state index contributed by atoms with van der Waals surface area (Å²) in [6.45, 7) is 3.16. The van der Waals surface area contributed by atoms with Gasteiger partial charge in [-0.1, -0.05) is 12.1 Å². The fraction of sp³-hybridized carbons (Fsp3) is 0.350. The summed E-state index contributed by atoms with van der Waals surface area (Å²) < 4.78 is 40.2. The van der Waals surface area contributed by atoms with E-state index in [4.69, 9.17) is 0 Å². The monoisotopic (exact) mass is 437 g/mol. The van der Waals surface area contributed by atoms with Gasteiger partial charge < -0.3 is 5.32 Å². The van der Waals surface area contributed by atoms with Gasteiger partial charge in [-0.25, -0.2) is 12.8 Å². The zero-order valence-electron chi connectivity index (χ0n) is 16.3. The Morgan fingerprint density at radius 2 is 1.79 bits per heavy atom. The van der Waals surface area contributed by atoms with Crippen molar-refractivity contribution in [3.63, 3.8) is 0 Å². The van der Waals surface area contributed by atoms with Crippen molar-refractivity contribution < 1.29 is 17.6 Å². The molecule has 1 amide bonds. The summed E-state index contributed by atoms with van der Waals surface area (Å²) in [5.74, 6) is -0.717. The molecule has 1 heterocycles. The standard InChI is InChI=1S/C20H24FN3O3S2/c1-15(20(25)22-17-6-4-7-18(14-17)28-2)23-9-11-24(12-10-23)29(26,27)19-8-3-5-16(21)13-19/h3-8,13-15H,9-12H2,1-2H3,(H,22,25). The summed E-state index contributed by atoms with van der Waals surface area (Å²) in [7, 11) is -3.75. The molecule has 1 saturated heterocycles. The van der Waals surface area contributed by atoms with Crippen LogP contribution < -0.4 is 5.32 Å². The van der Waals surface area contributed by atoms with Crippen LogP contribution in [0.4, 0.5) is 10.1 Å². The minimum Gasteiger partial charge on any atom is -0.325 e. The van der Waals surface area contributed by atoms with E-state index in [2.05, 4.69) is 5.32 Å². The fourth-order valence-electron chi connectivity index (χ4n) is 3.22. The number of amides is 1. The van der Waals surface area contributed by atoms with Crippen LogP contribution in [0.5, 0.6) is 0 Å². The lowest BCUT2D eigenvalue weighted by Gasteiger charge is -2.36. The molecule has 0 aromatic heterocycles. The summed E-state index contributed by atoms with van der Waals surface area (Å²) in [5, 5.41) is 2.92. The molecule has 3 rings (SSSR count). The number of nitrogens with zero attached hydrogens (tertiary/aromatic N) is 2. The first kappa shape index (κ1) is 21.8. The zero-order chi connectivity index (χ0) is 21.0. The van der Waals surface area contributed by atoms with E-state index >= 15 is 0 Å². The third-order valence-corrected chi connectivity index (χ3v) is 7.59. The van der Waals surface area contributed by atoms with Crippen LogP contribution in [0.25, 0.3) is 0 Å². The highest BCUT2D eigenvalue weighted by atomic mass is 32.2. The van der Waals surface area contributed by atoms with Gasteiger partial charge in [0.15, 0.2) is 0 Å². The van der Waals surface area contributed by atoms with E-state index in [1.807, 2.05) is 42.3 Å². The molecule has 156 valence electrons. The predicted octanol–water partition coefficient (Wildman–Crippen LogP) is 2.88. The number of hydrogen-bond donors (Lipinski definition) is 1. The van der Waals surface area contributed by atoms with Gasteiger partial charge in [0, 0.05) is 36.8 Å². The SMILES string of the molecule is CSc1cccc(NC(=O)C(C)N2CCN(S(=O)(=O)c3cccc(F)c3)CC2)c1. The van der Waals surface area contributed by atoms with Gasteiger partial charge >= 0.3 is 0 Å². The highest BCUT2D eigenvalue weighted by Gasteiger charge is 2.32. The van der Waals surface area contributed by atoms with Crippen LogP contribution in [0, 0.1) is 5.82 Å². The molecule has 2 aromatic rings. The maximum Gasteiger partial charge on any atom is 0.243 e. The van der Waals surface area contributed by atoms with Gasteiger partial charge in [0.1, 0.15) is 5.82 Å². The Hall–Kier alpha value is -1.94. The molecule has 1 atom stereocenters. The Morgan fingerprint density at radius 1 is 1.10 bits per heavy atom. The van der Waals surface area contributed by atoms with Crippen LogP contribution in [0.2, 0.25) is 0 Å². The first-order valence-electron chi connectivity index (χ1n) is 9.26. The lowest BCUT2D eigenvalue weighted by Crippen LogP contribution is -2.53. The lowest BCUT2D eigenvalue weighted by molar-refractivity contribution is -0.121. The average molecular weight is 438 g/mol. The highest BCUT2D eigenvalue weighted by Crippen LogP contribution is 2.21. The van der Waals surface area contributed by atoms with E-state index in [1.165, 1.54) is 22.5 Å². The van der Waals surface area contributed by atoms with Crippen molar-refractivity contribution in [3.05, 3.63) is 54.3 Å². The minimum atomic E-state index is -3.75. The number of anilines is 1. The molecule has 1 aliphatic heterocycles. The molecule has 0 radical (unpaired) electrons. The predicted molar refractivity (Wildman–Crippen MR) is 113 cm³/mol. The van der Waals surface area contributed by atoms with E-state index in [-0.39, 0.29) is 23.9 Å². The van der Waals surface area contributed by atoms with Gasteiger partial charge in [-0.3, -0.25) is 9.69 Å². The largest absolute Gasteiger partial charge is 0.325 e. The quantitative estimate of drug-likeness (QED) is 0.704. The topological polar surface area (TPSA) is 69.7 Å². The molecule has 0 bridgehead atoms. The zero-order valence-corrected chi connectivity index (χ0v) is 18.0. The van der Waals surface area contributed by atoms with Crippen LogP contribution in [0.1, 0.15) is 6.92 Å². The maximum atomic E-state index is 13.4. The number of nitrogens with one attached hydrogen (secondary N) is 1. The Labute approximate surface area is 175 Å². The van der Waals surface area contributed by atoms with Crippen molar-refractivity contribution in [2.24, 2.45) is 0 Å². The van der Waals surface area contributed by atoms with Crippen LogP contribution in [0.15, 0.2) is 58.3 Å². The second-order valence-electron chi connectivity index (χ2n) is 6.79. The number of halogens is 1. The second kappa shape index (κ2) is 9.25. The molecular formula is C20H24FN3O3S2. The highest BCUT2D eigenvalue weighted by molar-refractivity contribution is 7.98. The number of thioether (sulfide) groups is 1. The van der Waals surface area contributed by atoms with Gasteiger partial charge in [-0.2, -0.15) is 4.31 Å². The lowest BCUT2D eigenvalue weighted by atomic mass is 10.2. The minimum absolute atomic E-state index is 0.0505. The van der Waals surface area contributed by atoms with E-state index in [9.17, 15) is 17.6 Å². The van der Waals surface area contributed by atoms with Gasteiger partial charge in [0.2, 0.25) is 15.9 Å². The molecule has 1 unspecified atom stereocenters. The number of rotatable bonds is 6. The smallest absolute Gasteiger partial charge is 0.243 e. The van der Waals surface area contributed by atoms with Crippen LogP contribution in [-0.2, 0) is 14.8 Å². The maximum absolute atomic E-state index is 13.4. The van der Waals surface area contributed by atoms with Gasteiger partial charge in [0.25, 0.3) is 0 Å². The van der Waals surface area contributed by atoms with Crippen molar-refractivity contribution in [1.29, 1.82) is 0 Å². The average Bonchev–Trinajstić information content (AvgIpc) is 2.73. The van der Waals surface area contributed by atoms with Crippen LogP contribution >= 0.6 is 11.8 Å². The molecule has 2 aromatic carbocycles. The van der Waals surface area contributed by atoms with Crippen molar-refractivity contribution in [3.8, 4) is 0 Å². The summed E-state index contributed by atoms with van der Waals surface area (Å²) >= 11 is 1.60. The molecule has 1 N–H and O–H groups in total. The number of hydrogen-bond acceptors (Lipinski definition) is 5. The molecular weight excluding hydrogens is 413 g/mol. The summed E-state index contributed by atoms with van der Waals surface area (Å²) in [6.07, 6.45) is 1.97. The molecule has 0 spiro atoms. The van der Waals surface area contributed by atoms with E-state index in [0.717, 1.165) is 16.6 Å². The Kier molecular flexibility index (Phi) is 6.94. The third kappa shape index (κ3) is 5.16. The summed E-state index contributed by atoms with van der Waals surface area (Å²) in [4.78, 5) is 15.6. The molecule has 1 aliphatic rings. The van der Waals surface area contributed by atoms with Gasteiger partial charge in [-0.15, -0.1) is 11.8 Å². The van der Waals surface area contributed by atoms with E-state index in [1.54, 1.807) is 11.8 Å². The van der Waals surface area contributed by atoms with Gasteiger partial charge in [0.05, 0.1) is 10.9 Å². The van der Waals surface area contributed by atoms with E-state index in [0.29, 0.717) is 13.1 Å². The Bertz CT molecular complexity index is 976. The normalized spacial score (nSPS) is 17.1. The molecule has 29 heavy (non-hydrogen) atoms. The number of carbonyl (C=O) groups is 1. The first-order valence-corrected chi connectivity index (χ1v) is 11.9. The second-order valence-corrected chi connectivity index (χ2v) is 9.61. The summed E-state index contributed by atoms with van der Waals surface area (Å²) in [5.41, 5.74) is 0.737. The fourth-order valence-corrected chi connectivity index (χ4v) is 5.13. The number of sulfonamides is 1. The van der Waals surface area contributed by atoms with Gasteiger partial charge in [-0.05, 0) is 49.6 Å². The number of carbonyl (C=O) groups excluding carboxylic acids is 1. The van der Waals surface area contributed by atoms with Crippen molar-refractivity contribution in [2.45, 2.75) is 22.8 Å². The van der Waals surface area contributed by atoms with Crippen LogP contribution in [-0.4, -0.2) is 62.0 Å². The number of piperazine rings is 1. The van der Waals surface area contributed by atoms with Crippen molar-refractivity contribution in [1.82, 2.24) is 9.21 Å². The van der Waals surface area contributed by atoms with Crippen molar-refractivity contribution in [2.75, 3.05) is 37.8 Å². The van der Waals surface area contributed by atoms with Crippen molar-refractivity contribution >= 4 is 33.4 Å². The molecule has 0 saturated carbocycles. The first-order chi connectivity index (χ1) is 13.8. The van der Waals surface area contributed by atoms with Crippen LogP contribution in [0.3, 0.4) is 0 Å². The van der Waals surface area contributed by atoms with E-state index < -0.39 is 21.9 Å². The Morgan fingerprint density at radius 3 is 2.45 bits per heavy atom.